The SMILES string of the molecule is CC1CCC(C(=O)c2ccc(F)c(F)c2)CC1. The van der Waals surface area contributed by atoms with Gasteiger partial charge in [0.1, 0.15) is 0 Å². The van der Waals surface area contributed by atoms with Crippen LogP contribution in [0.25, 0.3) is 0 Å². The van der Waals surface area contributed by atoms with Gasteiger partial charge in [-0.3, -0.25) is 4.79 Å². The maximum Gasteiger partial charge on any atom is 0.166 e. The van der Waals surface area contributed by atoms with Crippen LogP contribution in [0.3, 0.4) is 0 Å². The second kappa shape index (κ2) is 4.94. The molecular formula is C14H16F2O. The maximum absolute atomic E-state index is 13.0. The van der Waals surface area contributed by atoms with E-state index in [9.17, 15) is 13.6 Å². The Morgan fingerprint density at radius 1 is 1.12 bits per heavy atom. The molecule has 1 aromatic rings. The number of Topliss-reactive ketones (excluding diaryl/α,β-unsaturated/α-hetero) is 1. The molecule has 0 aliphatic heterocycles. The Labute approximate surface area is 99.8 Å². The lowest BCUT2D eigenvalue weighted by molar-refractivity contribution is 0.0875. The minimum absolute atomic E-state index is 0.0175. The van der Waals surface area contributed by atoms with Crippen LogP contribution in [0.4, 0.5) is 8.78 Å². The van der Waals surface area contributed by atoms with E-state index in [1.807, 2.05) is 0 Å². The minimum Gasteiger partial charge on any atom is -0.294 e. The van der Waals surface area contributed by atoms with Gasteiger partial charge in [0.25, 0.3) is 0 Å². The van der Waals surface area contributed by atoms with Crippen molar-refractivity contribution in [2.24, 2.45) is 11.8 Å². The van der Waals surface area contributed by atoms with Gasteiger partial charge in [-0.25, -0.2) is 8.78 Å². The summed E-state index contributed by atoms with van der Waals surface area (Å²) >= 11 is 0. The molecule has 0 heterocycles. The van der Waals surface area contributed by atoms with E-state index < -0.39 is 11.6 Å². The van der Waals surface area contributed by atoms with Crippen molar-refractivity contribution in [1.29, 1.82) is 0 Å². The molecule has 1 fully saturated rings. The summed E-state index contributed by atoms with van der Waals surface area (Å²) in [4.78, 5) is 12.1. The highest BCUT2D eigenvalue weighted by atomic mass is 19.2. The van der Waals surface area contributed by atoms with Crippen LogP contribution in [-0.4, -0.2) is 5.78 Å². The molecule has 0 bridgehead atoms. The Balaban J connectivity index is 2.11. The number of benzene rings is 1. The predicted molar refractivity (Wildman–Crippen MR) is 61.8 cm³/mol. The van der Waals surface area contributed by atoms with Crippen molar-refractivity contribution in [1.82, 2.24) is 0 Å². The van der Waals surface area contributed by atoms with Gasteiger partial charge in [-0.05, 0) is 37.0 Å². The van der Waals surface area contributed by atoms with E-state index in [1.54, 1.807) is 0 Å². The van der Waals surface area contributed by atoms with Crippen LogP contribution >= 0.6 is 0 Å². The van der Waals surface area contributed by atoms with Crippen molar-refractivity contribution in [3.05, 3.63) is 35.4 Å². The topological polar surface area (TPSA) is 17.1 Å². The Kier molecular flexibility index (Phi) is 3.55. The van der Waals surface area contributed by atoms with Crippen LogP contribution in [0.2, 0.25) is 0 Å². The molecule has 0 radical (unpaired) electrons. The van der Waals surface area contributed by atoms with Crippen LogP contribution in [0.15, 0.2) is 18.2 Å². The average Bonchev–Trinajstić information content (AvgIpc) is 2.33. The molecule has 92 valence electrons. The third-order valence-corrected chi connectivity index (χ3v) is 3.59. The summed E-state index contributed by atoms with van der Waals surface area (Å²) in [5.41, 5.74) is 0.295. The van der Waals surface area contributed by atoms with Crippen molar-refractivity contribution >= 4 is 5.78 Å². The van der Waals surface area contributed by atoms with E-state index in [0.29, 0.717) is 11.5 Å². The summed E-state index contributed by atoms with van der Waals surface area (Å²) in [6, 6.07) is 3.41. The van der Waals surface area contributed by atoms with Crippen molar-refractivity contribution in [3.8, 4) is 0 Å². The highest BCUT2D eigenvalue weighted by Crippen LogP contribution is 2.30. The van der Waals surface area contributed by atoms with Gasteiger partial charge in [-0.15, -0.1) is 0 Å². The third-order valence-electron chi connectivity index (χ3n) is 3.59. The Morgan fingerprint density at radius 3 is 2.35 bits per heavy atom. The van der Waals surface area contributed by atoms with Crippen molar-refractivity contribution in [2.75, 3.05) is 0 Å². The second-order valence-corrected chi connectivity index (χ2v) is 4.95. The van der Waals surface area contributed by atoms with Crippen LogP contribution in [0.5, 0.6) is 0 Å². The molecule has 1 saturated carbocycles. The highest BCUT2D eigenvalue weighted by Gasteiger charge is 2.25. The van der Waals surface area contributed by atoms with Gasteiger partial charge in [0.2, 0.25) is 0 Å². The Morgan fingerprint density at radius 2 is 1.76 bits per heavy atom. The minimum atomic E-state index is -0.944. The van der Waals surface area contributed by atoms with Gasteiger partial charge in [0.15, 0.2) is 17.4 Å². The first-order valence-corrected chi connectivity index (χ1v) is 6.07. The van der Waals surface area contributed by atoms with E-state index in [1.165, 1.54) is 6.07 Å². The van der Waals surface area contributed by atoms with E-state index in [0.717, 1.165) is 37.8 Å². The van der Waals surface area contributed by atoms with Gasteiger partial charge in [0.05, 0.1) is 0 Å². The summed E-state index contributed by atoms with van der Waals surface area (Å²) < 4.78 is 25.8. The molecule has 0 unspecified atom stereocenters. The lowest BCUT2D eigenvalue weighted by Crippen LogP contribution is -2.21. The molecule has 1 aliphatic rings. The standard InChI is InChI=1S/C14H16F2O/c1-9-2-4-10(5-3-9)14(17)11-6-7-12(15)13(16)8-11/h6-10H,2-5H2,1H3. The molecule has 2 rings (SSSR count). The molecule has 0 aromatic heterocycles. The zero-order valence-corrected chi connectivity index (χ0v) is 9.88. The van der Waals surface area contributed by atoms with Crippen molar-refractivity contribution in [2.45, 2.75) is 32.6 Å². The van der Waals surface area contributed by atoms with Crippen molar-refractivity contribution in [3.63, 3.8) is 0 Å². The van der Waals surface area contributed by atoms with E-state index in [-0.39, 0.29) is 11.7 Å². The number of ketones is 1. The van der Waals surface area contributed by atoms with Gasteiger partial charge >= 0.3 is 0 Å². The quantitative estimate of drug-likeness (QED) is 0.712. The number of hydrogen-bond acceptors (Lipinski definition) is 1. The lowest BCUT2D eigenvalue weighted by Gasteiger charge is -2.25. The molecule has 0 saturated heterocycles. The molecule has 17 heavy (non-hydrogen) atoms. The number of halogens is 2. The molecule has 1 nitrogen and oxygen atoms in total. The second-order valence-electron chi connectivity index (χ2n) is 4.95. The summed E-state index contributed by atoms with van der Waals surface area (Å²) in [5, 5.41) is 0. The average molecular weight is 238 g/mol. The molecule has 1 aliphatic carbocycles. The van der Waals surface area contributed by atoms with Crippen LogP contribution in [0.1, 0.15) is 43.0 Å². The predicted octanol–water partition coefficient (Wildman–Crippen LogP) is 3.97. The Bertz CT molecular complexity index is 420. The third kappa shape index (κ3) is 2.71. The first kappa shape index (κ1) is 12.2. The van der Waals surface area contributed by atoms with E-state index in [4.69, 9.17) is 0 Å². The molecule has 0 atom stereocenters. The largest absolute Gasteiger partial charge is 0.294 e. The molecule has 3 heteroatoms. The van der Waals surface area contributed by atoms with Crippen molar-refractivity contribution < 1.29 is 13.6 Å². The smallest absolute Gasteiger partial charge is 0.166 e. The fourth-order valence-corrected chi connectivity index (χ4v) is 2.41. The zero-order chi connectivity index (χ0) is 12.4. The molecule has 0 amide bonds. The van der Waals surface area contributed by atoms with Gasteiger partial charge in [-0.2, -0.15) is 0 Å². The highest BCUT2D eigenvalue weighted by molar-refractivity contribution is 5.97. The van der Waals surface area contributed by atoms with E-state index in [2.05, 4.69) is 6.92 Å². The fourth-order valence-electron chi connectivity index (χ4n) is 2.41. The Hall–Kier alpha value is -1.25. The van der Waals surface area contributed by atoms with Crippen LogP contribution < -0.4 is 0 Å². The van der Waals surface area contributed by atoms with Crippen LogP contribution in [0, 0.1) is 23.5 Å². The number of hydrogen-bond donors (Lipinski definition) is 0. The summed E-state index contributed by atoms with van der Waals surface area (Å²) in [7, 11) is 0. The monoisotopic (exact) mass is 238 g/mol. The first-order chi connectivity index (χ1) is 8.08. The van der Waals surface area contributed by atoms with Gasteiger partial charge in [0, 0.05) is 11.5 Å². The van der Waals surface area contributed by atoms with E-state index >= 15 is 0 Å². The zero-order valence-electron chi connectivity index (χ0n) is 9.88. The summed E-state index contributed by atoms with van der Waals surface area (Å²) in [6.45, 7) is 2.18. The van der Waals surface area contributed by atoms with Gasteiger partial charge < -0.3 is 0 Å². The maximum atomic E-state index is 13.0. The molecule has 0 N–H and O–H groups in total. The molecular weight excluding hydrogens is 222 g/mol. The van der Waals surface area contributed by atoms with Crippen LogP contribution in [-0.2, 0) is 0 Å². The van der Waals surface area contributed by atoms with Gasteiger partial charge in [-0.1, -0.05) is 19.8 Å². The number of rotatable bonds is 2. The summed E-state index contributed by atoms with van der Waals surface area (Å²) in [6.07, 6.45) is 3.80. The molecule has 0 spiro atoms. The number of carbonyl (C=O) groups excluding carboxylic acids is 1. The fraction of sp³-hybridized carbons (Fsp3) is 0.500. The summed E-state index contributed by atoms with van der Waals surface area (Å²) in [5.74, 6) is -1.24. The number of carbonyl (C=O) groups is 1. The molecule has 1 aromatic carbocycles. The normalized spacial score (nSPS) is 24.6. The first-order valence-electron chi connectivity index (χ1n) is 6.07. The lowest BCUT2D eigenvalue weighted by atomic mass is 9.79.